The number of morpholine rings is 1. The third kappa shape index (κ3) is 5.88. The van der Waals surface area contributed by atoms with Crippen molar-refractivity contribution in [3.63, 3.8) is 0 Å². The van der Waals surface area contributed by atoms with E-state index in [-0.39, 0.29) is 17.9 Å². The number of nitrogens with zero attached hydrogens (tertiary/aromatic N) is 2. The Labute approximate surface area is 223 Å². The fourth-order valence-corrected chi connectivity index (χ4v) is 5.24. The highest BCUT2D eigenvalue weighted by Crippen LogP contribution is 2.42. The van der Waals surface area contributed by atoms with E-state index in [2.05, 4.69) is 5.32 Å². The minimum atomic E-state index is -0.537. The van der Waals surface area contributed by atoms with Crippen LogP contribution in [0.5, 0.6) is 5.75 Å². The number of amides is 3. The average Bonchev–Trinajstić information content (AvgIpc) is 2.89. The first-order valence-corrected chi connectivity index (χ1v) is 13.3. The summed E-state index contributed by atoms with van der Waals surface area (Å²) in [6.45, 7) is 8.86. The summed E-state index contributed by atoms with van der Waals surface area (Å²) in [5.74, 6) is -0.0593. The molecule has 9 heteroatoms. The van der Waals surface area contributed by atoms with Crippen LogP contribution in [0.15, 0.2) is 36.4 Å². The largest absolute Gasteiger partial charge is 0.484 e. The molecule has 0 radical (unpaired) electrons. The van der Waals surface area contributed by atoms with Crippen LogP contribution in [0.1, 0.15) is 45.6 Å². The lowest BCUT2D eigenvalue weighted by atomic mass is 9.82. The van der Waals surface area contributed by atoms with E-state index in [1.165, 1.54) is 6.07 Å². The maximum atomic E-state index is 15.3. The van der Waals surface area contributed by atoms with Crippen molar-refractivity contribution in [3.05, 3.63) is 47.8 Å². The molecule has 3 aliphatic rings. The van der Waals surface area contributed by atoms with E-state index in [0.717, 1.165) is 23.1 Å². The maximum Gasteiger partial charge on any atom is 0.410 e. The number of aryl methyl sites for hydroxylation is 1. The zero-order valence-electron chi connectivity index (χ0n) is 22.3. The van der Waals surface area contributed by atoms with Crippen LogP contribution in [0.25, 0.3) is 11.1 Å². The second kappa shape index (κ2) is 10.4. The number of hydrogen-bond donors (Lipinski definition) is 1. The number of ether oxygens (including phenoxy) is 3. The lowest BCUT2D eigenvalue weighted by Crippen LogP contribution is -2.52. The van der Waals surface area contributed by atoms with Gasteiger partial charge in [-0.25, -0.2) is 14.0 Å². The number of likely N-dealkylation sites (tertiary alicyclic amines) is 1. The first-order chi connectivity index (χ1) is 18.1. The van der Waals surface area contributed by atoms with Gasteiger partial charge in [0.25, 0.3) is 0 Å². The van der Waals surface area contributed by atoms with Crippen molar-refractivity contribution in [2.75, 3.05) is 44.7 Å². The standard InChI is InChI=1S/C29H36FN3O5/c1-28(2,3)38-27(35)33-12-10-29(11-13-33)9-8-21-18-22(19-24(30)25(21)37-29)20-4-6-23(7-5-20)31-26(34)32-14-16-36-17-15-32/h4-7,18-19H,8-17H2,1-3H3,(H,31,34). The second-order valence-electron chi connectivity index (χ2n) is 11.3. The molecular formula is C29H36FN3O5. The molecule has 0 aromatic heterocycles. The Bertz CT molecular complexity index is 1180. The Morgan fingerprint density at radius 2 is 1.63 bits per heavy atom. The highest BCUT2D eigenvalue weighted by atomic mass is 19.1. The lowest BCUT2D eigenvalue weighted by molar-refractivity contribution is -0.0291. The number of rotatable bonds is 2. The van der Waals surface area contributed by atoms with Crippen molar-refractivity contribution >= 4 is 17.8 Å². The zero-order chi connectivity index (χ0) is 26.9. The number of halogens is 1. The number of nitrogens with one attached hydrogen (secondary N) is 1. The number of benzene rings is 2. The van der Waals surface area contributed by atoms with Gasteiger partial charge in [-0.15, -0.1) is 0 Å². The Morgan fingerprint density at radius 3 is 2.29 bits per heavy atom. The van der Waals surface area contributed by atoms with Gasteiger partial charge in [-0.05, 0) is 74.6 Å². The number of anilines is 1. The SMILES string of the molecule is CC(C)(C)OC(=O)N1CCC2(CCc3cc(-c4ccc(NC(=O)N5CCOCC5)cc4)cc(F)c3O2)CC1. The number of carbonyl (C=O) groups excluding carboxylic acids is 2. The van der Waals surface area contributed by atoms with Gasteiger partial charge in [0.2, 0.25) is 0 Å². The normalized spacial score (nSPS) is 18.9. The van der Waals surface area contributed by atoms with Gasteiger partial charge in [0.1, 0.15) is 11.2 Å². The fourth-order valence-electron chi connectivity index (χ4n) is 5.24. The van der Waals surface area contributed by atoms with E-state index in [0.29, 0.717) is 70.1 Å². The number of hydrogen-bond acceptors (Lipinski definition) is 5. The molecule has 2 fully saturated rings. The molecule has 0 atom stereocenters. The van der Waals surface area contributed by atoms with Crippen LogP contribution in [-0.4, -0.2) is 72.5 Å². The van der Waals surface area contributed by atoms with Gasteiger partial charge in [-0.1, -0.05) is 12.1 Å². The molecule has 38 heavy (non-hydrogen) atoms. The molecule has 3 amide bonds. The number of carbonyl (C=O) groups is 2. The van der Waals surface area contributed by atoms with Crippen LogP contribution in [-0.2, 0) is 15.9 Å². The maximum absolute atomic E-state index is 15.3. The molecule has 204 valence electrons. The van der Waals surface area contributed by atoms with Crippen LogP contribution in [0.4, 0.5) is 19.7 Å². The average molecular weight is 526 g/mol. The highest BCUT2D eigenvalue weighted by Gasteiger charge is 2.42. The molecule has 2 aromatic rings. The summed E-state index contributed by atoms with van der Waals surface area (Å²) in [5, 5.41) is 2.91. The van der Waals surface area contributed by atoms with Crippen LogP contribution >= 0.6 is 0 Å². The summed E-state index contributed by atoms with van der Waals surface area (Å²) in [5.41, 5.74) is 2.17. The van der Waals surface area contributed by atoms with Crippen LogP contribution in [0.3, 0.4) is 0 Å². The Hall–Kier alpha value is -3.33. The first-order valence-electron chi connectivity index (χ1n) is 13.3. The topological polar surface area (TPSA) is 80.3 Å². The zero-order valence-corrected chi connectivity index (χ0v) is 22.3. The van der Waals surface area contributed by atoms with E-state index < -0.39 is 11.2 Å². The molecule has 0 unspecified atom stereocenters. The van der Waals surface area contributed by atoms with Crippen molar-refractivity contribution in [1.29, 1.82) is 0 Å². The molecule has 2 saturated heterocycles. The van der Waals surface area contributed by atoms with E-state index >= 15 is 4.39 Å². The van der Waals surface area contributed by atoms with E-state index in [1.54, 1.807) is 9.80 Å². The van der Waals surface area contributed by atoms with E-state index in [1.807, 2.05) is 51.1 Å². The van der Waals surface area contributed by atoms with Crippen molar-refractivity contribution in [3.8, 4) is 16.9 Å². The summed E-state index contributed by atoms with van der Waals surface area (Å²) < 4.78 is 32.4. The molecule has 2 aromatic carbocycles. The first kappa shape index (κ1) is 26.3. The van der Waals surface area contributed by atoms with Gasteiger partial charge in [0.05, 0.1) is 13.2 Å². The highest BCUT2D eigenvalue weighted by molar-refractivity contribution is 5.89. The number of piperidine rings is 1. The molecule has 5 rings (SSSR count). The molecule has 3 heterocycles. The monoisotopic (exact) mass is 525 g/mol. The molecular weight excluding hydrogens is 489 g/mol. The van der Waals surface area contributed by atoms with Gasteiger partial charge >= 0.3 is 12.1 Å². The third-order valence-corrected chi connectivity index (χ3v) is 7.38. The number of fused-ring (bicyclic) bond motifs is 1. The molecule has 1 N–H and O–H groups in total. The Morgan fingerprint density at radius 1 is 0.947 bits per heavy atom. The van der Waals surface area contributed by atoms with Crippen molar-refractivity contribution in [1.82, 2.24) is 9.80 Å². The summed E-state index contributed by atoms with van der Waals surface area (Å²) in [6, 6.07) is 10.8. The number of urea groups is 1. The summed E-state index contributed by atoms with van der Waals surface area (Å²) in [7, 11) is 0. The molecule has 0 aliphatic carbocycles. The molecule has 0 bridgehead atoms. The summed E-state index contributed by atoms with van der Waals surface area (Å²) in [6.07, 6.45) is 2.46. The van der Waals surface area contributed by atoms with Crippen molar-refractivity contribution in [2.45, 2.75) is 57.7 Å². The van der Waals surface area contributed by atoms with Crippen molar-refractivity contribution in [2.24, 2.45) is 0 Å². The van der Waals surface area contributed by atoms with Crippen LogP contribution < -0.4 is 10.1 Å². The molecule has 1 spiro atoms. The van der Waals surface area contributed by atoms with E-state index in [9.17, 15) is 9.59 Å². The predicted molar refractivity (Wildman–Crippen MR) is 142 cm³/mol. The minimum Gasteiger partial charge on any atom is -0.484 e. The molecule has 0 saturated carbocycles. The van der Waals surface area contributed by atoms with Crippen LogP contribution in [0.2, 0.25) is 0 Å². The Kier molecular flexibility index (Phi) is 7.22. The third-order valence-electron chi connectivity index (χ3n) is 7.38. The lowest BCUT2D eigenvalue weighted by Gasteiger charge is -2.44. The van der Waals surface area contributed by atoms with Gasteiger partial charge in [0.15, 0.2) is 11.6 Å². The Balaban J connectivity index is 1.23. The minimum absolute atomic E-state index is 0.149. The molecule has 3 aliphatic heterocycles. The smallest absolute Gasteiger partial charge is 0.410 e. The fraction of sp³-hybridized carbons (Fsp3) is 0.517. The van der Waals surface area contributed by atoms with E-state index in [4.69, 9.17) is 14.2 Å². The predicted octanol–water partition coefficient (Wildman–Crippen LogP) is 5.45. The summed E-state index contributed by atoms with van der Waals surface area (Å²) >= 11 is 0. The van der Waals surface area contributed by atoms with Gasteiger partial charge in [-0.2, -0.15) is 0 Å². The quantitative estimate of drug-likeness (QED) is 0.564. The van der Waals surface area contributed by atoms with Gasteiger partial charge in [-0.3, -0.25) is 0 Å². The second-order valence-corrected chi connectivity index (χ2v) is 11.3. The van der Waals surface area contributed by atoms with Gasteiger partial charge < -0.3 is 29.3 Å². The molecule has 8 nitrogen and oxygen atoms in total. The summed E-state index contributed by atoms with van der Waals surface area (Å²) in [4.78, 5) is 28.3. The van der Waals surface area contributed by atoms with Crippen LogP contribution in [0, 0.1) is 5.82 Å². The van der Waals surface area contributed by atoms with Gasteiger partial charge in [0, 0.05) is 44.7 Å². The van der Waals surface area contributed by atoms with Crippen molar-refractivity contribution < 1.29 is 28.2 Å².